The van der Waals surface area contributed by atoms with Crippen molar-refractivity contribution in [2.75, 3.05) is 14.2 Å². The Balaban J connectivity index is 1.48. The van der Waals surface area contributed by atoms with Crippen LogP contribution >= 0.6 is 0 Å². The third-order valence-electron chi connectivity index (χ3n) is 6.08. The molecule has 180 valence electrons. The zero-order chi connectivity index (χ0) is 24.8. The molecule has 0 aliphatic carbocycles. The van der Waals surface area contributed by atoms with Crippen LogP contribution < -0.4 is 10.1 Å². The van der Waals surface area contributed by atoms with Gasteiger partial charge in [-0.25, -0.2) is 4.99 Å². The summed E-state index contributed by atoms with van der Waals surface area (Å²) in [6.45, 7) is 9.86. The Hall–Kier alpha value is -4.20. The Kier molecular flexibility index (Phi) is 7.40. The molecule has 0 aliphatic rings. The molecule has 2 heterocycles. The van der Waals surface area contributed by atoms with E-state index < -0.39 is 0 Å². The van der Waals surface area contributed by atoms with Crippen molar-refractivity contribution in [1.82, 2.24) is 24.9 Å². The van der Waals surface area contributed by atoms with Crippen LogP contribution in [0.25, 0.3) is 0 Å². The van der Waals surface area contributed by atoms with Crippen molar-refractivity contribution < 1.29 is 4.74 Å². The van der Waals surface area contributed by atoms with Crippen LogP contribution in [0.15, 0.2) is 71.0 Å². The summed E-state index contributed by atoms with van der Waals surface area (Å²) in [7, 11) is 3.45. The topological polar surface area (TPSA) is 81.6 Å². The lowest BCUT2D eigenvalue weighted by atomic mass is 10.0. The third-order valence-corrected chi connectivity index (χ3v) is 6.08. The number of benzene rings is 2. The van der Waals surface area contributed by atoms with Gasteiger partial charge in [-0.15, -0.1) is 0 Å². The summed E-state index contributed by atoms with van der Waals surface area (Å²) in [4.78, 5) is 8.62. The minimum absolute atomic E-state index is 0.549. The first-order valence-electron chi connectivity index (χ1n) is 11.5. The van der Waals surface area contributed by atoms with E-state index in [9.17, 15) is 0 Å². The van der Waals surface area contributed by atoms with Gasteiger partial charge in [-0.1, -0.05) is 30.3 Å². The number of aryl methyl sites for hydroxylation is 1. The van der Waals surface area contributed by atoms with Crippen LogP contribution in [0.3, 0.4) is 0 Å². The molecule has 0 atom stereocenters. The number of rotatable bonds is 9. The number of amidine groups is 1. The Bertz CT molecular complexity index is 1320. The maximum absolute atomic E-state index is 5.49. The van der Waals surface area contributed by atoms with Crippen molar-refractivity contribution in [3.63, 3.8) is 0 Å². The molecule has 0 saturated carbocycles. The second kappa shape index (κ2) is 10.8. The number of nitrogens with zero attached hydrogens (tertiary/aromatic N) is 6. The molecule has 4 aromatic rings. The first kappa shape index (κ1) is 23.9. The largest absolute Gasteiger partial charge is 0.496 e. The maximum atomic E-state index is 5.49. The molecule has 0 unspecified atom stereocenters. The molecule has 1 N–H and O–H groups in total. The van der Waals surface area contributed by atoms with Gasteiger partial charge in [0.15, 0.2) is 5.82 Å². The number of hydrogen-bond donors (Lipinski definition) is 1. The second-order valence-electron chi connectivity index (χ2n) is 8.36. The van der Waals surface area contributed by atoms with Crippen LogP contribution in [-0.2, 0) is 19.6 Å². The van der Waals surface area contributed by atoms with Crippen LogP contribution in [0.4, 0.5) is 5.82 Å². The molecular weight excluding hydrogens is 438 g/mol. The number of nitrogens with one attached hydrogen (secondary N) is 1. The van der Waals surface area contributed by atoms with E-state index in [1.807, 2.05) is 33.9 Å². The maximum Gasteiger partial charge on any atom is 0.184 e. The highest BCUT2D eigenvalue weighted by atomic mass is 16.5. The molecule has 8 heteroatoms. The van der Waals surface area contributed by atoms with Crippen molar-refractivity contribution in [2.45, 2.75) is 33.5 Å². The smallest absolute Gasteiger partial charge is 0.184 e. The molecule has 0 amide bonds. The van der Waals surface area contributed by atoms with E-state index in [4.69, 9.17) is 4.74 Å². The van der Waals surface area contributed by atoms with Gasteiger partial charge in [-0.3, -0.25) is 14.4 Å². The van der Waals surface area contributed by atoms with Crippen molar-refractivity contribution in [3.05, 3.63) is 94.4 Å². The fraction of sp³-hybridized carbons (Fsp3) is 0.259. The van der Waals surface area contributed by atoms with Gasteiger partial charge in [0.05, 0.1) is 25.8 Å². The highest BCUT2D eigenvalue weighted by Crippen LogP contribution is 2.25. The molecule has 2 aromatic carbocycles. The van der Waals surface area contributed by atoms with Crippen molar-refractivity contribution in [3.8, 4) is 5.75 Å². The molecule has 0 saturated heterocycles. The van der Waals surface area contributed by atoms with E-state index in [0.717, 1.165) is 34.8 Å². The summed E-state index contributed by atoms with van der Waals surface area (Å²) in [5.74, 6) is 2.14. The number of aliphatic imine (C=N–C) groups is 2. The summed E-state index contributed by atoms with van der Waals surface area (Å²) < 4.78 is 9.27. The summed E-state index contributed by atoms with van der Waals surface area (Å²) in [6, 6.07) is 14.5. The fourth-order valence-corrected chi connectivity index (χ4v) is 4.12. The van der Waals surface area contributed by atoms with Gasteiger partial charge in [-0.05, 0) is 60.5 Å². The molecule has 8 nitrogen and oxygen atoms in total. The molecule has 4 rings (SSSR count). The van der Waals surface area contributed by atoms with Crippen LogP contribution in [0.1, 0.15) is 33.4 Å². The Morgan fingerprint density at radius 3 is 2.37 bits per heavy atom. The van der Waals surface area contributed by atoms with E-state index in [0.29, 0.717) is 18.9 Å². The third kappa shape index (κ3) is 5.48. The van der Waals surface area contributed by atoms with Crippen molar-refractivity contribution in [1.29, 1.82) is 0 Å². The van der Waals surface area contributed by atoms with E-state index >= 15 is 0 Å². The zero-order valence-electron chi connectivity index (χ0n) is 20.7. The van der Waals surface area contributed by atoms with Crippen LogP contribution in [-0.4, -0.2) is 46.3 Å². The van der Waals surface area contributed by atoms with Crippen LogP contribution in [0.5, 0.6) is 5.75 Å². The molecule has 0 radical (unpaired) electrons. The van der Waals surface area contributed by atoms with Gasteiger partial charge < -0.3 is 10.1 Å². The average Bonchev–Trinajstić information content (AvgIpc) is 3.52. The molecular formula is C27H31N7O. The first-order valence-corrected chi connectivity index (χ1v) is 11.5. The fourth-order valence-electron chi connectivity index (χ4n) is 4.12. The SMILES string of the molecule is C=Nc1nn(Cc2ccc(Cn3cccn3)cc2)cc1C(=NC)NCc1c(C)ccc(OC)c1C. The quantitative estimate of drug-likeness (QED) is 0.293. The van der Waals surface area contributed by atoms with Gasteiger partial charge in [0.25, 0.3) is 0 Å². The summed E-state index contributed by atoms with van der Waals surface area (Å²) in [5, 5.41) is 12.3. The van der Waals surface area contributed by atoms with Crippen molar-refractivity contribution >= 4 is 18.4 Å². The molecule has 0 spiro atoms. The first-order chi connectivity index (χ1) is 17.0. The van der Waals surface area contributed by atoms with Gasteiger partial charge in [0.1, 0.15) is 11.6 Å². The van der Waals surface area contributed by atoms with E-state index in [-0.39, 0.29) is 0 Å². The van der Waals surface area contributed by atoms with Gasteiger partial charge >= 0.3 is 0 Å². The zero-order valence-corrected chi connectivity index (χ0v) is 20.7. The lowest BCUT2D eigenvalue weighted by Gasteiger charge is -2.15. The highest BCUT2D eigenvalue weighted by Gasteiger charge is 2.15. The van der Waals surface area contributed by atoms with E-state index in [2.05, 4.69) is 76.4 Å². The average molecular weight is 470 g/mol. The van der Waals surface area contributed by atoms with E-state index in [1.165, 1.54) is 16.7 Å². The van der Waals surface area contributed by atoms with Gasteiger partial charge in [0.2, 0.25) is 0 Å². The van der Waals surface area contributed by atoms with Gasteiger partial charge in [-0.2, -0.15) is 10.2 Å². The molecule has 0 aliphatic heterocycles. The molecule has 0 bridgehead atoms. The van der Waals surface area contributed by atoms with Gasteiger partial charge in [0, 0.05) is 32.2 Å². The molecule has 35 heavy (non-hydrogen) atoms. The summed E-state index contributed by atoms with van der Waals surface area (Å²) >= 11 is 0. The van der Waals surface area contributed by atoms with Crippen LogP contribution in [0, 0.1) is 13.8 Å². The van der Waals surface area contributed by atoms with Crippen LogP contribution in [0.2, 0.25) is 0 Å². The van der Waals surface area contributed by atoms with E-state index in [1.54, 1.807) is 20.4 Å². The normalized spacial score (nSPS) is 11.5. The Morgan fingerprint density at radius 2 is 1.77 bits per heavy atom. The minimum Gasteiger partial charge on any atom is -0.496 e. The number of aromatic nitrogens is 4. The lowest BCUT2D eigenvalue weighted by Crippen LogP contribution is -2.24. The molecule has 0 fully saturated rings. The molecule has 2 aromatic heterocycles. The highest BCUT2D eigenvalue weighted by molar-refractivity contribution is 6.02. The monoisotopic (exact) mass is 469 g/mol. The minimum atomic E-state index is 0.549. The Labute approximate surface area is 206 Å². The predicted molar refractivity (Wildman–Crippen MR) is 140 cm³/mol. The number of methoxy groups -OCH3 is 1. The number of hydrogen-bond acceptors (Lipinski definition) is 5. The predicted octanol–water partition coefficient (Wildman–Crippen LogP) is 4.30. The van der Waals surface area contributed by atoms with Crippen molar-refractivity contribution in [2.24, 2.45) is 9.98 Å². The standard InChI is InChI=1S/C27H31N7O/c1-19-7-12-25(35-5)20(2)23(19)15-30-26(28-3)24-18-34(32-27(24)29-4)17-22-10-8-21(9-11-22)16-33-14-6-13-31-33/h6-14,18H,4,15-17H2,1-3,5H3,(H,28,30). The summed E-state index contributed by atoms with van der Waals surface area (Å²) in [5.41, 5.74) is 6.64. The Morgan fingerprint density at radius 1 is 1.06 bits per heavy atom. The second-order valence-corrected chi connectivity index (χ2v) is 8.36. The number of ether oxygens (including phenoxy) is 1. The summed E-state index contributed by atoms with van der Waals surface area (Å²) in [6.07, 6.45) is 5.71. The lowest BCUT2D eigenvalue weighted by molar-refractivity contribution is 0.411.